The number of nitrogens with zero attached hydrogens (tertiary/aromatic N) is 2. The summed E-state index contributed by atoms with van der Waals surface area (Å²) in [5.74, 6) is 0.943. The second-order valence-corrected chi connectivity index (χ2v) is 6.80. The number of amidine groups is 1. The van der Waals surface area contributed by atoms with Crippen molar-refractivity contribution in [2.24, 2.45) is 4.99 Å². The molecule has 0 amide bonds. The molecule has 2 aliphatic heterocycles. The Kier molecular flexibility index (Phi) is 6.14. The van der Waals surface area contributed by atoms with Crippen molar-refractivity contribution in [3.63, 3.8) is 0 Å². The Morgan fingerprint density at radius 3 is 2.42 bits per heavy atom. The molecule has 0 bridgehead atoms. The number of aliphatic imine (C=N–C) groups is 1. The number of likely N-dealkylation sites (N-methyl/N-ethyl adjacent to an activating group) is 1. The Morgan fingerprint density at radius 2 is 1.77 bits per heavy atom. The number of hydrogen-bond donors (Lipinski definition) is 1. The van der Waals surface area contributed by atoms with Crippen molar-refractivity contribution in [1.82, 2.24) is 4.90 Å². The van der Waals surface area contributed by atoms with Crippen LogP contribution in [0.1, 0.15) is 36.1 Å². The van der Waals surface area contributed by atoms with Gasteiger partial charge in [-0.15, -0.1) is 0 Å². The molecule has 0 aromatic heterocycles. The fraction of sp³-hybridized carbons (Fsp3) is 0.333. The number of benzene rings is 1. The number of allylic oxidation sites excluding steroid dienone is 4. The Morgan fingerprint density at radius 1 is 1.12 bits per heavy atom. The molecule has 1 aromatic carbocycles. The minimum atomic E-state index is 0. The molecule has 0 saturated heterocycles. The molecule has 0 spiro atoms. The number of rotatable bonds is 2. The molecule has 3 rings (SSSR count). The summed E-state index contributed by atoms with van der Waals surface area (Å²) >= 11 is 0. The van der Waals surface area contributed by atoms with Crippen LogP contribution in [0.3, 0.4) is 0 Å². The van der Waals surface area contributed by atoms with E-state index in [9.17, 15) is 0 Å². The van der Waals surface area contributed by atoms with Crippen LogP contribution in [0.4, 0.5) is 5.69 Å². The zero-order valence-corrected chi connectivity index (χ0v) is 19.6. The molecule has 26 heavy (non-hydrogen) atoms. The third kappa shape index (κ3) is 3.72. The van der Waals surface area contributed by atoms with Gasteiger partial charge >= 0.3 is 1.41 Å². The van der Waals surface area contributed by atoms with Crippen LogP contribution in [0.25, 0.3) is 0 Å². The first-order valence-corrected chi connectivity index (χ1v) is 8.72. The van der Waals surface area contributed by atoms with Gasteiger partial charge < -0.3 is 4.90 Å². The number of hydrogen-bond acceptors (Lipinski definition) is 2. The second-order valence-electron chi connectivity index (χ2n) is 6.80. The van der Waals surface area contributed by atoms with E-state index in [0.29, 0.717) is 0 Å². The summed E-state index contributed by atoms with van der Waals surface area (Å²) in [7, 11) is 4.12. The molecule has 0 atom stereocenters. The van der Waals surface area contributed by atoms with Crippen LogP contribution >= 0.6 is 0 Å². The van der Waals surface area contributed by atoms with Crippen molar-refractivity contribution in [1.29, 1.82) is 0 Å². The Hall–Kier alpha value is -1.25. The van der Waals surface area contributed by atoms with Crippen molar-refractivity contribution in [2.45, 2.75) is 41.5 Å². The predicted octanol–water partition coefficient (Wildman–Crippen LogP) is 2.08. The van der Waals surface area contributed by atoms with Gasteiger partial charge in [0.1, 0.15) is 11.4 Å². The Labute approximate surface area is 184 Å². The van der Waals surface area contributed by atoms with Gasteiger partial charge in [0.15, 0.2) is 0 Å². The summed E-state index contributed by atoms with van der Waals surface area (Å²) in [6, 6.07) is 0. The zero-order valence-electron chi connectivity index (χ0n) is 17.8. The van der Waals surface area contributed by atoms with E-state index in [4.69, 9.17) is 1.41 Å². The third-order valence-corrected chi connectivity index (χ3v) is 5.33. The maximum Gasteiger partial charge on any atom is 0.453 e. The SMILES string of the molecule is [2H][N+]1=C(/C=C2C=C(/C=C/C)N(C)C(C)=N/2)[B]c2c(C)c(C)c(C)c(C)c21.[Y]. The molecular formula is C21H26BN3Y+. The van der Waals surface area contributed by atoms with Gasteiger partial charge in [-0.1, -0.05) is 6.08 Å². The molecule has 0 aliphatic carbocycles. The van der Waals surface area contributed by atoms with E-state index in [1.165, 1.54) is 22.3 Å². The molecule has 1 N–H and O–H groups in total. The van der Waals surface area contributed by atoms with Crippen molar-refractivity contribution in [3.05, 3.63) is 58.0 Å². The van der Waals surface area contributed by atoms with E-state index < -0.39 is 0 Å². The number of nitrogens with one attached hydrogen (secondary N) is 1. The summed E-state index contributed by atoms with van der Waals surface area (Å²) in [4.78, 5) is 8.29. The average molecular weight is 421 g/mol. The van der Waals surface area contributed by atoms with Gasteiger partial charge in [0.05, 0.1) is 5.70 Å². The first kappa shape index (κ1) is 19.5. The Bertz CT molecular complexity index is 955. The smallest absolute Gasteiger partial charge is 0.333 e. The number of fused-ring (bicyclic) bond motifs is 1. The first-order valence-electron chi connectivity index (χ1n) is 9.17. The molecule has 0 unspecified atom stereocenters. The minimum Gasteiger partial charge on any atom is -0.333 e. The largest absolute Gasteiger partial charge is 0.453 e. The van der Waals surface area contributed by atoms with Crippen molar-refractivity contribution < 1.29 is 39.1 Å². The van der Waals surface area contributed by atoms with Gasteiger partial charge in [-0.3, -0.25) is 0 Å². The van der Waals surface area contributed by atoms with E-state index in [1.54, 1.807) is 4.99 Å². The van der Waals surface area contributed by atoms with Gasteiger partial charge in [-0.25, -0.2) is 9.98 Å². The molecule has 1 aromatic rings. The molecule has 2 heterocycles. The van der Waals surface area contributed by atoms with Crippen LogP contribution in [0.15, 0.2) is 40.7 Å². The van der Waals surface area contributed by atoms with E-state index in [1.807, 2.05) is 33.0 Å². The van der Waals surface area contributed by atoms with Gasteiger partial charge in [0, 0.05) is 62.6 Å². The maximum atomic E-state index is 8.64. The van der Waals surface area contributed by atoms with Gasteiger partial charge in [0.25, 0.3) is 7.28 Å². The normalized spacial score (nSPS) is 18.5. The summed E-state index contributed by atoms with van der Waals surface area (Å²) < 4.78 is 8.64. The topological polar surface area (TPSA) is 29.6 Å². The van der Waals surface area contributed by atoms with Crippen LogP contribution in [0.2, 0.25) is 1.41 Å². The minimum absolute atomic E-state index is 0. The van der Waals surface area contributed by atoms with Crippen LogP contribution in [0.5, 0.6) is 0 Å². The maximum absolute atomic E-state index is 8.64. The van der Waals surface area contributed by atoms with E-state index in [0.717, 1.165) is 34.0 Å². The average Bonchev–Trinajstić information content (AvgIpc) is 2.92. The van der Waals surface area contributed by atoms with Gasteiger partial charge in [-0.2, -0.15) is 0 Å². The standard InChI is InChI=1S/C21H25BN3.Y/c1-8-9-18-10-17(23-16(6)25(18)7)11-19-22-20-14(4)12(2)13(3)15(5)21(20)24-19;/h8-11H,1-7H3;/p+1/b9-8+,17-11-;/i/hD. The van der Waals surface area contributed by atoms with Gasteiger partial charge in [-0.05, 0) is 70.4 Å². The molecular weight excluding hydrogens is 394 g/mol. The fourth-order valence-corrected chi connectivity index (χ4v) is 3.31. The molecule has 3 nitrogen and oxygen atoms in total. The van der Waals surface area contributed by atoms with Crippen molar-refractivity contribution in [2.75, 3.05) is 7.05 Å². The fourth-order valence-electron chi connectivity index (χ4n) is 3.31. The zero-order chi connectivity index (χ0) is 19.2. The van der Waals surface area contributed by atoms with Crippen LogP contribution in [-0.4, -0.2) is 30.7 Å². The Balaban J connectivity index is 0.00000261. The summed E-state index contributed by atoms with van der Waals surface area (Å²) in [6.45, 7) is 12.6. The summed E-state index contributed by atoms with van der Waals surface area (Å²) in [5.41, 5.74) is 9.96. The third-order valence-electron chi connectivity index (χ3n) is 5.33. The molecule has 2 aliphatic rings. The summed E-state index contributed by atoms with van der Waals surface area (Å²) in [6.07, 6.45) is 8.15. The molecule has 130 valence electrons. The molecule has 5 heteroatoms. The van der Waals surface area contributed by atoms with Crippen LogP contribution in [-0.2, 0) is 32.7 Å². The van der Waals surface area contributed by atoms with E-state index >= 15 is 0 Å². The van der Waals surface area contributed by atoms with E-state index in [-0.39, 0.29) is 32.7 Å². The quantitative estimate of drug-likeness (QED) is 0.729. The monoisotopic (exact) mass is 421 g/mol. The molecule has 0 fully saturated rings. The van der Waals surface area contributed by atoms with Crippen molar-refractivity contribution >= 4 is 29.9 Å². The van der Waals surface area contributed by atoms with Crippen LogP contribution in [0, 0.1) is 27.7 Å². The molecule has 2 radical (unpaired) electrons. The van der Waals surface area contributed by atoms with E-state index in [2.05, 4.69) is 57.0 Å². The van der Waals surface area contributed by atoms with Crippen molar-refractivity contribution in [3.8, 4) is 0 Å². The first-order chi connectivity index (χ1) is 12.3. The summed E-state index contributed by atoms with van der Waals surface area (Å²) in [5, 5.41) is 0. The molecule has 0 saturated carbocycles. The predicted molar refractivity (Wildman–Crippen MR) is 108 cm³/mol. The van der Waals surface area contributed by atoms with Gasteiger partial charge in [0.2, 0.25) is 5.69 Å². The van der Waals surface area contributed by atoms with Crippen LogP contribution < -0.4 is 10.4 Å². The second kappa shape index (κ2) is 8.19.